The Morgan fingerprint density at radius 3 is 2.51 bits per heavy atom. The van der Waals surface area contributed by atoms with Gasteiger partial charge in [0.1, 0.15) is 17.5 Å². The number of carbonyl (C=O) groups is 2. The standard InChI is InChI=1S/C35H42N6O7S/c1-21-17-41(22(2)20-42)35(44)28-16-27(39-49(45,46)33-23(3)38-48-24(33)4)14-15-31(28)47-32(21)19-40(5)18-25-10-12-26(13-11-25)34(43)37-30-9-7-6-8-29(30)36/h6-16,21-22,32,39,42H,17-20,36H2,1-5H3,(H,37,43)/t21-,22+,32+/m0/s1. The second-order valence-electron chi connectivity index (χ2n) is 12.5. The van der Waals surface area contributed by atoms with E-state index in [-0.39, 0.29) is 58.0 Å². The van der Waals surface area contributed by atoms with Gasteiger partial charge in [-0.1, -0.05) is 36.3 Å². The van der Waals surface area contributed by atoms with Crippen molar-refractivity contribution in [2.75, 3.05) is 42.5 Å². The normalized spacial score (nSPS) is 17.1. The zero-order chi connectivity index (χ0) is 35.5. The highest BCUT2D eigenvalue weighted by Crippen LogP contribution is 2.32. The Kier molecular flexibility index (Phi) is 10.6. The number of fused-ring (bicyclic) bond motifs is 1. The lowest BCUT2D eigenvalue weighted by Crippen LogP contribution is -2.49. The van der Waals surface area contributed by atoms with Gasteiger partial charge in [0, 0.05) is 36.8 Å². The molecule has 4 aromatic rings. The number of nitrogen functional groups attached to an aromatic ring is 1. The van der Waals surface area contributed by atoms with Gasteiger partial charge < -0.3 is 30.3 Å². The number of sulfonamides is 1. The molecule has 5 N–H and O–H groups in total. The predicted octanol–water partition coefficient (Wildman–Crippen LogP) is 4.28. The van der Waals surface area contributed by atoms with Crippen LogP contribution in [0.3, 0.4) is 0 Å². The topological polar surface area (TPSA) is 180 Å². The number of rotatable bonds is 11. The van der Waals surface area contributed by atoms with E-state index in [9.17, 15) is 23.1 Å². The minimum Gasteiger partial charge on any atom is -0.488 e. The van der Waals surface area contributed by atoms with Crippen LogP contribution in [-0.4, -0.2) is 79.2 Å². The van der Waals surface area contributed by atoms with Gasteiger partial charge in [0.15, 0.2) is 10.7 Å². The molecule has 3 aromatic carbocycles. The first-order valence-corrected chi connectivity index (χ1v) is 17.4. The molecule has 1 aliphatic rings. The largest absolute Gasteiger partial charge is 0.488 e. The maximum Gasteiger partial charge on any atom is 0.267 e. The van der Waals surface area contributed by atoms with Crippen molar-refractivity contribution in [3.8, 4) is 5.75 Å². The zero-order valence-corrected chi connectivity index (χ0v) is 29.0. The quantitative estimate of drug-likeness (QED) is 0.166. The van der Waals surface area contributed by atoms with Crippen LogP contribution in [0.5, 0.6) is 5.75 Å². The van der Waals surface area contributed by atoms with Crippen molar-refractivity contribution in [2.45, 2.75) is 51.3 Å². The minimum atomic E-state index is -4.06. The number of nitrogens with zero attached hydrogens (tertiary/aromatic N) is 3. The molecule has 0 bridgehead atoms. The molecule has 0 radical (unpaired) electrons. The van der Waals surface area contributed by atoms with Crippen molar-refractivity contribution < 1.29 is 32.4 Å². The number of aryl methyl sites for hydroxylation is 2. The molecule has 2 amide bonds. The Bertz CT molecular complexity index is 1910. The number of amides is 2. The number of hydrogen-bond acceptors (Lipinski definition) is 10. The second kappa shape index (κ2) is 14.7. The Hall–Kier alpha value is -4.92. The Morgan fingerprint density at radius 2 is 1.86 bits per heavy atom. The van der Waals surface area contributed by atoms with Gasteiger partial charge in [-0.3, -0.25) is 19.2 Å². The van der Waals surface area contributed by atoms with Crippen molar-refractivity contribution in [2.24, 2.45) is 5.92 Å². The van der Waals surface area contributed by atoms with E-state index < -0.39 is 16.1 Å². The van der Waals surface area contributed by atoms with Gasteiger partial charge in [-0.25, -0.2) is 8.42 Å². The molecular weight excluding hydrogens is 648 g/mol. The number of aliphatic hydroxyl groups is 1. The van der Waals surface area contributed by atoms with Crippen LogP contribution in [-0.2, 0) is 16.6 Å². The van der Waals surface area contributed by atoms with Gasteiger partial charge in [0.05, 0.1) is 29.6 Å². The highest BCUT2D eigenvalue weighted by Gasteiger charge is 2.34. The third-order valence-corrected chi connectivity index (χ3v) is 10.1. The third kappa shape index (κ3) is 8.04. The molecular formula is C35H42N6O7S. The number of anilines is 3. The fraction of sp³-hybridized carbons (Fsp3) is 0.343. The molecule has 1 aliphatic heterocycles. The molecule has 0 aliphatic carbocycles. The highest BCUT2D eigenvalue weighted by molar-refractivity contribution is 7.92. The molecule has 260 valence electrons. The van der Waals surface area contributed by atoms with E-state index in [0.29, 0.717) is 42.3 Å². The first-order valence-electron chi connectivity index (χ1n) is 15.9. The van der Waals surface area contributed by atoms with E-state index in [1.807, 2.05) is 26.1 Å². The molecule has 3 atom stereocenters. The molecule has 0 saturated heterocycles. The summed E-state index contributed by atoms with van der Waals surface area (Å²) in [5, 5.41) is 16.6. The third-order valence-electron chi connectivity index (χ3n) is 8.52. The maximum absolute atomic E-state index is 13.8. The van der Waals surface area contributed by atoms with E-state index in [1.165, 1.54) is 19.9 Å². The summed E-state index contributed by atoms with van der Waals surface area (Å²) in [6.45, 7) is 7.91. The molecule has 49 heavy (non-hydrogen) atoms. The number of ether oxygens (including phenoxy) is 1. The molecule has 5 rings (SSSR count). The van der Waals surface area contributed by atoms with Crippen molar-refractivity contribution in [3.05, 3.63) is 94.9 Å². The monoisotopic (exact) mass is 690 g/mol. The number of hydrogen-bond donors (Lipinski definition) is 4. The van der Waals surface area contributed by atoms with Gasteiger partial charge in [-0.2, -0.15) is 0 Å². The molecule has 2 heterocycles. The summed E-state index contributed by atoms with van der Waals surface area (Å²) < 4.78 is 40.5. The number of aliphatic hydroxyl groups excluding tert-OH is 1. The van der Waals surface area contributed by atoms with Crippen molar-refractivity contribution >= 4 is 38.9 Å². The zero-order valence-electron chi connectivity index (χ0n) is 28.1. The summed E-state index contributed by atoms with van der Waals surface area (Å²) in [6, 6.07) is 18.5. The number of carbonyl (C=O) groups excluding carboxylic acids is 2. The molecule has 0 unspecified atom stereocenters. The summed E-state index contributed by atoms with van der Waals surface area (Å²) in [4.78, 5) is 30.2. The van der Waals surface area contributed by atoms with E-state index in [1.54, 1.807) is 60.4 Å². The van der Waals surface area contributed by atoms with Crippen LogP contribution in [0, 0.1) is 19.8 Å². The van der Waals surface area contributed by atoms with Crippen LogP contribution in [0.1, 0.15) is 51.6 Å². The molecule has 0 saturated carbocycles. The molecule has 13 nitrogen and oxygen atoms in total. The van der Waals surface area contributed by atoms with Crippen LogP contribution in [0.4, 0.5) is 17.1 Å². The lowest BCUT2D eigenvalue weighted by Gasteiger charge is -2.38. The van der Waals surface area contributed by atoms with E-state index in [0.717, 1.165) is 5.56 Å². The second-order valence-corrected chi connectivity index (χ2v) is 14.1. The van der Waals surface area contributed by atoms with Crippen LogP contribution >= 0.6 is 0 Å². The van der Waals surface area contributed by atoms with Crippen molar-refractivity contribution in [1.29, 1.82) is 0 Å². The number of para-hydroxylation sites is 2. The Morgan fingerprint density at radius 1 is 1.14 bits per heavy atom. The minimum absolute atomic E-state index is 0.0652. The van der Waals surface area contributed by atoms with E-state index in [4.69, 9.17) is 15.0 Å². The summed E-state index contributed by atoms with van der Waals surface area (Å²) in [7, 11) is -2.10. The van der Waals surface area contributed by atoms with E-state index >= 15 is 0 Å². The van der Waals surface area contributed by atoms with Crippen molar-refractivity contribution in [3.63, 3.8) is 0 Å². The molecule has 0 spiro atoms. The van der Waals surface area contributed by atoms with E-state index in [2.05, 4.69) is 20.1 Å². The van der Waals surface area contributed by atoms with Gasteiger partial charge >= 0.3 is 0 Å². The maximum atomic E-state index is 13.8. The number of nitrogens with one attached hydrogen (secondary N) is 2. The van der Waals surface area contributed by atoms with Gasteiger partial charge in [0.2, 0.25) is 0 Å². The smallest absolute Gasteiger partial charge is 0.267 e. The van der Waals surface area contributed by atoms with Crippen molar-refractivity contribution in [1.82, 2.24) is 15.0 Å². The summed E-state index contributed by atoms with van der Waals surface area (Å²) in [5.74, 6) is -0.311. The van der Waals surface area contributed by atoms with Gasteiger partial charge in [0.25, 0.3) is 21.8 Å². The first-order chi connectivity index (χ1) is 23.3. The lowest BCUT2D eigenvalue weighted by atomic mass is 9.99. The number of aromatic nitrogens is 1. The predicted molar refractivity (Wildman–Crippen MR) is 186 cm³/mol. The van der Waals surface area contributed by atoms with Crippen LogP contribution in [0.2, 0.25) is 0 Å². The fourth-order valence-electron chi connectivity index (χ4n) is 5.82. The lowest BCUT2D eigenvalue weighted by molar-refractivity contribution is 0.0341. The Balaban J connectivity index is 1.33. The van der Waals surface area contributed by atoms with Crippen LogP contribution < -0.4 is 20.5 Å². The summed E-state index contributed by atoms with van der Waals surface area (Å²) in [5.41, 5.74) is 9.03. The summed E-state index contributed by atoms with van der Waals surface area (Å²) in [6.07, 6.45) is -0.364. The Labute approximate surface area is 286 Å². The SMILES string of the molecule is Cc1noc(C)c1S(=O)(=O)Nc1ccc2c(c1)C(=O)N([C@H](C)CO)C[C@H](C)[C@@H](CN(C)Cc1ccc(C(=O)Nc3ccccc3N)cc1)O2. The highest BCUT2D eigenvalue weighted by atomic mass is 32.2. The average molecular weight is 691 g/mol. The molecule has 0 fully saturated rings. The first kappa shape index (κ1) is 35.4. The number of benzene rings is 3. The van der Waals surface area contributed by atoms with Crippen LogP contribution in [0.25, 0.3) is 0 Å². The average Bonchev–Trinajstić information content (AvgIpc) is 3.42. The molecule has 1 aromatic heterocycles. The number of likely N-dealkylation sites (N-methyl/N-ethyl adjacent to an activating group) is 1. The summed E-state index contributed by atoms with van der Waals surface area (Å²) >= 11 is 0. The number of nitrogens with two attached hydrogens (primary N) is 1. The molecule has 14 heteroatoms. The van der Waals surface area contributed by atoms with Crippen LogP contribution in [0.15, 0.2) is 76.1 Å². The van der Waals surface area contributed by atoms with Gasteiger partial charge in [-0.15, -0.1) is 0 Å². The van der Waals surface area contributed by atoms with Gasteiger partial charge in [-0.05, 0) is 75.8 Å². The fourth-order valence-corrected chi connectivity index (χ4v) is 7.20.